The summed E-state index contributed by atoms with van der Waals surface area (Å²) in [4.78, 5) is 14.0. The molecular weight excluding hydrogens is 352 g/mol. The standard InChI is InChI=1S/C16H17ClN2O4S/c1-11-2-7-14(16(10-11)24(21,22)19-18)15(20)8-9-23-13-5-3-12(17)4-6-13/h2-7,10,19H,8-9,18H2,1H3. The lowest BCUT2D eigenvalue weighted by molar-refractivity contribution is 0.0959. The van der Waals surface area contributed by atoms with E-state index >= 15 is 0 Å². The highest BCUT2D eigenvalue weighted by molar-refractivity contribution is 7.89. The molecule has 8 heteroatoms. The first kappa shape index (κ1) is 18.4. The Labute approximate surface area is 145 Å². The first-order valence-electron chi connectivity index (χ1n) is 7.08. The van der Waals surface area contributed by atoms with Crippen LogP contribution in [0.5, 0.6) is 5.75 Å². The minimum atomic E-state index is -3.93. The number of ether oxygens (including phenoxy) is 1. The van der Waals surface area contributed by atoms with E-state index in [4.69, 9.17) is 22.2 Å². The number of Topliss-reactive ketones (excluding diaryl/α,β-unsaturated/α-hetero) is 1. The van der Waals surface area contributed by atoms with Gasteiger partial charge in [-0.3, -0.25) is 10.6 Å². The van der Waals surface area contributed by atoms with Gasteiger partial charge >= 0.3 is 0 Å². The molecule has 128 valence electrons. The van der Waals surface area contributed by atoms with Crippen LogP contribution in [-0.2, 0) is 10.0 Å². The average molecular weight is 369 g/mol. The quantitative estimate of drug-likeness (QED) is 0.444. The Morgan fingerprint density at radius 3 is 2.50 bits per heavy atom. The minimum absolute atomic E-state index is 0.0266. The van der Waals surface area contributed by atoms with E-state index < -0.39 is 10.0 Å². The molecular formula is C16H17ClN2O4S. The number of nitrogens with one attached hydrogen (secondary N) is 1. The van der Waals surface area contributed by atoms with Crippen molar-refractivity contribution in [3.8, 4) is 5.75 Å². The van der Waals surface area contributed by atoms with Gasteiger partial charge in [0.15, 0.2) is 5.78 Å². The smallest absolute Gasteiger partial charge is 0.253 e. The predicted molar refractivity (Wildman–Crippen MR) is 91.6 cm³/mol. The number of carbonyl (C=O) groups excluding carboxylic acids is 1. The second-order valence-electron chi connectivity index (χ2n) is 5.10. The first-order valence-corrected chi connectivity index (χ1v) is 8.94. The monoisotopic (exact) mass is 368 g/mol. The number of rotatable bonds is 7. The largest absolute Gasteiger partial charge is 0.493 e. The van der Waals surface area contributed by atoms with Crippen molar-refractivity contribution < 1.29 is 17.9 Å². The number of hydrogen-bond acceptors (Lipinski definition) is 5. The zero-order valence-corrected chi connectivity index (χ0v) is 14.5. The van der Waals surface area contributed by atoms with Crippen LogP contribution in [0.15, 0.2) is 47.4 Å². The molecule has 2 aromatic rings. The van der Waals surface area contributed by atoms with Crippen molar-refractivity contribution in [3.05, 3.63) is 58.6 Å². The van der Waals surface area contributed by atoms with Gasteiger partial charge in [-0.05, 0) is 48.9 Å². The van der Waals surface area contributed by atoms with Crippen LogP contribution >= 0.6 is 11.6 Å². The summed E-state index contributed by atoms with van der Waals surface area (Å²) in [7, 11) is -3.93. The van der Waals surface area contributed by atoms with Crippen LogP contribution in [0.4, 0.5) is 0 Å². The fourth-order valence-corrected chi connectivity index (χ4v) is 3.14. The number of nitrogens with two attached hydrogens (primary N) is 1. The van der Waals surface area contributed by atoms with Gasteiger partial charge in [0, 0.05) is 17.0 Å². The number of halogens is 1. The Hall–Kier alpha value is -1.93. The van der Waals surface area contributed by atoms with Gasteiger partial charge in [0.05, 0.1) is 11.5 Å². The summed E-state index contributed by atoms with van der Waals surface area (Å²) in [5.74, 6) is 5.29. The van der Waals surface area contributed by atoms with Gasteiger partial charge in [-0.15, -0.1) is 0 Å². The van der Waals surface area contributed by atoms with Gasteiger partial charge in [0.2, 0.25) is 0 Å². The lowest BCUT2D eigenvalue weighted by Gasteiger charge is -2.10. The third-order valence-corrected chi connectivity index (χ3v) is 4.77. The van der Waals surface area contributed by atoms with Gasteiger partial charge in [-0.25, -0.2) is 8.42 Å². The summed E-state index contributed by atoms with van der Waals surface area (Å²) < 4.78 is 29.4. The molecule has 0 bridgehead atoms. The maximum atomic E-state index is 12.3. The Morgan fingerprint density at radius 1 is 1.21 bits per heavy atom. The molecule has 0 saturated carbocycles. The Balaban J connectivity index is 2.11. The van der Waals surface area contributed by atoms with E-state index in [-0.39, 0.29) is 29.3 Å². The maximum Gasteiger partial charge on any atom is 0.253 e. The van der Waals surface area contributed by atoms with Crippen molar-refractivity contribution in [2.45, 2.75) is 18.2 Å². The second kappa shape index (κ2) is 7.76. The number of hydrazine groups is 1. The predicted octanol–water partition coefficient (Wildman–Crippen LogP) is 2.45. The normalized spacial score (nSPS) is 11.3. The lowest BCUT2D eigenvalue weighted by Crippen LogP contribution is -2.31. The summed E-state index contributed by atoms with van der Waals surface area (Å²) in [5, 5.41) is 0.585. The molecule has 0 heterocycles. The number of carbonyl (C=O) groups is 1. The van der Waals surface area contributed by atoms with Gasteiger partial charge < -0.3 is 4.74 Å². The van der Waals surface area contributed by atoms with E-state index in [1.807, 2.05) is 0 Å². The average Bonchev–Trinajstić information content (AvgIpc) is 2.56. The Bertz CT molecular complexity index is 836. The van der Waals surface area contributed by atoms with Crippen LogP contribution in [0.1, 0.15) is 22.3 Å². The van der Waals surface area contributed by atoms with Crippen LogP contribution in [0.3, 0.4) is 0 Å². The Kier molecular flexibility index (Phi) is 5.95. The molecule has 0 spiro atoms. The number of aryl methyl sites for hydroxylation is 1. The van der Waals surface area contributed by atoms with Crippen LogP contribution in [0.25, 0.3) is 0 Å². The summed E-state index contributed by atoms with van der Waals surface area (Å²) in [6.07, 6.45) is 0.0266. The molecule has 0 saturated heterocycles. The number of hydrogen-bond donors (Lipinski definition) is 2. The fraction of sp³-hybridized carbons (Fsp3) is 0.188. The van der Waals surface area contributed by atoms with E-state index in [2.05, 4.69) is 0 Å². The molecule has 0 aliphatic heterocycles. The third kappa shape index (κ3) is 4.55. The molecule has 0 aliphatic carbocycles. The van der Waals surface area contributed by atoms with E-state index in [9.17, 15) is 13.2 Å². The van der Waals surface area contributed by atoms with E-state index in [0.29, 0.717) is 16.3 Å². The third-order valence-electron chi connectivity index (χ3n) is 3.29. The molecule has 2 rings (SSSR count). The molecule has 0 atom stereocenters. The van der Waals surface area contributed by atoms with Crippen molar-refractivity contribution in [1.82, 2.24) is 4.83 Å². The number of sulfonamides is 1. The molecule has 0 fully saturated rings. The molecule has 3 N–H and O–H groups in total. The first-order chi connectivity index (χ1) is 11.3. The second-order valence-corrected chi connectivity index (χ2v) is 7.22. The summed E-state index contributed by atoms with van der Waals surface area (Å²) >= 11 is 5.78. The van der Waals surface area contributed by atoms with E-state index in [1.54, 1.807) is 42.1 Å². The van der Waals surface area contributed by atoms with Crippen LogP contribution in [0, 0.1) is 6.92 Å². The van der Waals surface area contributed by atoms with Crippen molar-refractivity contribution in [1.29, 1.82) is 0 Å². The van der Waals surface area contributed by atoms with Crippen molar-refractivity contribution in [2.75, 3.05) is 6.61 Å². The molecule has 2 aromatic carbocycles. The summed E-state index contributed by atoms with van der Waals surface area (Å²) in [6.45, 7) is 1.84. The Morgan fingerprint density at radius 2 is 1.88 bits per heavy atom. The molecule has 0 radical (unpaired) electrons. The zero-order chi connectivity index (χ0) is 17.7. The molecule has 0 aromatic heterocycles. The van der Waals surface area contributed by atoms with Gasteiger partial charge in [0.1, 0.15) is 5.75 Å². The van der Waals surface area contributed by atoms with Crippen molar-refractivity contribution in [3.63, 3.8) is 0 Å². The fourth-order valence-electron chi connectivity index (χ4n) is 2.07. The van der Waals surface area contributed by atoms with Crippen molar-refractivity contribution >= 4 is 27.4 Å². The van der Waals surface area contributed by atoms with Crippen LogP contribution < -0.4 is 15.4 Å². The van der Waals surface area contributed by atoms with Crippen LogP contribution in [-0.4, -0.2) is 20.8 Å². The molecule has 0 amide bonds. The van der Waals surface area contributed by atoms with Gasteiger partial charge in [-0.1, -0.05) is 17.7 Å². The zero-order valence-electron chi connectivity index (χ0n) is 13.0. The highest BCUT2D eigenvalue weighted by Crippen LogP contribution is 2.20. The SMILES string of the molecule is Cc1ccc(C(=O)CCOc2ccc(Cl)cc2)c(S(=O)(=O)NN)c1. The molecule has 0 unspecified atom stereocenters. The molecule has 0 aliphatic rings. The molecule has 6 nitrogen and oxygen atoms in total. The van der Waals surface area contributed by atoms with Crippen molar-refractivity contribution in [2.24, 2.45) is 5.84 Å². The number of benzene rings is 2. The van der Waals surface area contributed by atoms with Crippen LogP contribution in [0.2, 0.25) is 5.02 Å². The maximum absolute atomic E-state index is 12.3. The lowest BCUT2D eigenvalue weighted by atomic mass is 10.1. The topological polar surface area (TPSA) is 98.5 Å². The van der Waals surface area contributed by atoms with Gasteiger partial charge in [-0.2, -0.15) is 4.83 Å². The minimum Gasteiger partial charge on any atom is -0.493 e. The summed E-state index contributed by atoms with van der Waals surface area (Å²) in [5.41, 5.74) is 0.788. The highest BCUT2D eigenvalue weighted by Gasteiger charge is 2.21. The van der Waals surface area contributed by atoms with E-state index in [0.717, 1.165) is 0 Å². The van der Waals surface area contributed by atoms with Gasteiger partial charge in [0.25, 0.3) is 10.0 Å². The highest BCUT2D eigenvalue weighted by atomic mass is 35.5. The summed E-state index contributed by atoms with van der Waals surface area (Å²) in [6, 6.07) is 11.3. The molecule has 24 heavy (non-hydrogen) atoms. The number of ketones is 1. The van der Waals surface area contributed by atoms with E-state index in [1.165, 1.54) is 12.1 Å².